The van der Waals surface area contributed by atoms with Crippen LogP contribution in [0, 0.1) is 17.2 Å². The van der Waals surface area contributed by atoms with Crippen LogP contribution in [0.1, 0.15) is 34.8 Å². The van der Waals surface area contributed by atoms with E-state index in [1.807, 2.05) is 18.1 Å². The SMILES string of the molecule is C[C@H]1CCN(c2cn[nH]c(=O)c2C(F)(F)F)[C@H]1COc1cccc(C(=O)N2CCN(c3ccc(C#N)cn3)CC2)c1. The van der Waals surface area contributed by atoms with Gasteiger partial charge in [0.05, 0.1) is 23.5 Å². The smallest absolute Gasteiger partial charge is 0.423 e. The van der Waals surface area contributed by atoms with Gasteiger partial charge in [0.2, 0.25) is 0 Å². The van der Waals surface area contributed by atoms with E-state index < -0.39 is 23.3 Å². The van der Waals surface area contributed by atoms with Crippen molar-refractivity contribution in [2.24, 2.45) is 5.92 Å². The number of H-pyrrole nitrogens is 1. The molecule has 2 aromatic heterocycles. The van der Waals surface area contributed by atoms with Gasteiger partial charge in [-0.15, -0.1) is 0 Å². The van der Waals surface area contributed by atoms with Crippen LogP contribution in [0.2, 0.25) is 0 Å². The van der Waals surface area contributed by atoms with Crippen LogP contribution in [0.15, 0.2) is 53.6 Å². The number of aromatic nitrogens is 3. The van der Waals surface area contributed by atoms with Gasteiger partial charge >= 0.3 is 6.18 Å². The molecule has 1 aromatic carbocycles. The fourth-order valence-corrected chi connectivity index (χ4v) is 5.30. The van der Waals surface area contributed by atoms with Crippen molar-refractivity contribution in [2.75, 3.05) is 49.1 Å². The summed E-state index contributed by atoms with van der Waals surface area (Å²) < 4.78 is 47.1. The first-order chi connectivity index (χ1) is 19.7. The second-order valence-corrected chi connectivity index (χ2v) is 10.1. The lowest BCUT2D eigenvalue weighted by Crippen LogP contribution is -2.49. The fourth-order valence-electron chi connectivity index (χ4n) is 5.30. The average molecular weight is 568 g/mol. The number of nitrogens with one attached hydrogen (secondary N) is 1. The number of carbonyl (C=O) groups excluding carboxylic acids is 1. The molecular weight excluding hydrogens is 539 g/mol. The maximum atomic E-state index is 13.7. The van der Waals surface area contributed by atoms with E-state index in [1.54, 1.807) is 41.3 Å². The third-order valence-corrected chi connectivity index (χ3v) is 7.58. The zero-order chi connectivity index (χ0) is 29.1. The number of benzene rings is 1. The number of halogens is 3. The number of piperazine rings is 1. The first-order valence-corrected chi connectivity index (χ1v) is 13.2. The van der Waals surface area contributed by atoms with Crippen LogP contribution in [-0.2, 0) is 6.18 Å². The van der Waals surface area contributed by atoms with Crippen molar-refractivity contribution >= 4 is 17.4 Å². The van der Waals surface area contributed by atoms with Crippen LogP contribution < -0.4 is 20.1 Å². The molecule has 10 nitrogen and oxygen atoms in total. The van der Waals surface area contributed by atoms with Crippen LogP contribution in [0.5, 0.6) is 5.75 Å². The van der Waals surface area contributed by atoms with Gasteiger partial charge in [-0.25, -0.2) is 10.1 Å². The Kier molecular flexibility index (Phi) is 7.83. The van der Waals surface area contributed by atoms with Crippen molar-refractivity contribution in [3.05, 3.63) is 75.8 Å². The van der Waals surface area contributed by atoms with Crippen LogP contribution in [0.4, 0.5) is 24.7 Å². The summed E-state index contributed by atoms with van der Waals surface area (Å²) in [6.07, 6.45) is -1.65. The summed E-state index contributed by atoms with van der Waals surface area (Å²) in [6, 6.07) is 11.9. The van der Waals surface area contributed by atoms with Crippen molar-refractivity contribution in [3.63, 3.8) is 0 Å². The van der Waals surface area contributed by atoms with Gasteiger partial charge in [-0.05, 0) is 42.7 Å². The van der Waals surface area contributed by atoms with Crippen molar-refractivity contribution in [1.82, 2.24) is 20.1 Å². The standard InChI is InChI=1S/C28H28F3N7O3/c1-18-7-8-38(22-16-34-35-26(39)25(22)28(29,30)31)23(18)17-41-21-4-2-3-20(13-21)27(40)37-11-9-36(10-12-37)24-6-5-19(14-32)15-33-24/h2-6,13,15-16,18,23H,7-12,17H2,1H3,(H,35,39)/t18-,23-/m0/s1. The number of carbonyl (C=O) groups is 1. The molecule has 214 valence electrons. The summed E-state index contributed by atoms with van der Waals surface area (Å²) >= 11 is 0. The number of ether oxygens (including phenoxy) is 1. The molecule has 1 amide bonds. The number of amides is 1. The van der Waals surface area contributed by atoms with Gasteiger partial charge in [-0.2, -0.15) is 23.5 Å². The molecule has 0 radical (unpaired) electrons. The van der Waals surface area contributed by atoms with E-state index in [2.05, 4.69) is 15.0 Å². The van der Waals surface area contributed by atoms with Gasteiger partial charge in [-0.1, -0.05) is 13.0 Å². The lowest BCUT2D eigenvalue weighted by Gasteiger charge is -2.35. The normalized spacial score (nSPS) is 19.2. The second-order valence-electron chi connectivity index (χ2n) is 10.1. The Bertz CT molecular complexity index is 1500. The molecule has 2 aliphatic heterocycles. The van der Waals surface area contributed by atoms with E-state index >= 15 is 0 Å². The number of nitriles is 1. The lowest BCUT2D eigenvalue weighted by atomic mass is 10.0. The van der Waals surface area contributed by atoms with E-state index in [9.17, 15) is 22.8 Å². The molecule has 1 N–H and O–H groups in total. The zero-order valence-corrected chi connectivity index (χ0v) is 22.3. The zero-order valence-electron chi connectivity index (χ0n) is 22.3. The monoisotopic (exact) mass is 567 g/mol. The van der Waals surface area contributed by atoms with Crippen molar-refractivity contribution in [1.29, 1.82) is 5.26 Å². The number of alkyl halides is 3. The third-order valence-electron chi connectivity index (χ3n) is 7.58. The van der Waals surface area contributed by atoms with Gasteiger partial charge in [0.1, 0.15) is 29.8 Å². The van der Waals surface area contributed by atoms with Gasteiger partial charge in [-0.3, -0.25) is 9.59 Å². The van der Waals surface area contributed by atoms with Crippen LogP contribution in [-0.4, -0.2) is 71.4 Å². The lowest BCUT2D eigenvalue weighted by molar-refractivity contribution is -0.138. The molecule has 5 rings (SSSR count). The van der Waals surface area contributed by atoms with Gasteiger partial charge in [0, 0.05) is 44.5 Å². The minimum Gasteiger partial charge on any atom is -0.491 e. The van der Waals surface area contributed by atoms with Crippen LogP contribution in [0.25, 0.3) is 0 Å². The van der Waals surface area contributed by atoms with Gasteiger partial charge in [0.15, 0.2) is 0 Å². The molecule has 3 aromatic rings. The molecule has 2 saturated heterocycles. The minimum atomic E-state index is -4.83. The van der Waals surface area contributed by atoms with Crippen molar-refractivity contribution < 1.29 is 22.7 Å². The molecule has 0 aliphatic carbocycles. The molecule has 0 spiro atoms. The quantitative estimate of drug-likeness (QED) is 0.482. The van der Waals surface area contributed by atoms with E-state index in [-0.39, 0.29) is 24.1 Å². The van der Waals surface area contributed by atoms with Crippen LogP contribution >= 0.6 is 0 Å². The molecule has 13 heteroatoms. The molecule has 2 atom stereocenters. The van der Waals surface area contributed by atoms with Gasteiger partial charge < -0.3 is 19.4 Å². The number of nitrogens with zero attached hydrogens (tertiary/aromatic N) is 6. The largest absolute Gasteiger partial charge is 0.491 e. The van der Waals surface area contributed by atoms with E-state index in [4.69, 9.17) is 10.00 Å². The molecule has 0 bridgehead atoms. The topological polar surface area (TPSA) is 118 Å². The molecule has 41 heavy (non-hydrogen) atoms. The van der Waals surface area contributed by atoms with Crippen molar-refractivity contribution in [3.8, 4) is 11.8 Å². The summed E-state index contributed by atoms with van der Waals surface area (Å²) in [4.78, 5) is 34.9. The van der Waals surface area contributed by atoms with E-state index in [0.717, 1.165) is 12.0 Å². The summed E-state index contributed by atoms with van der Waals surface area (Å²) in [5.74, 6) is 1.03. The molecular formula is C28H28F3N7O3. The van der Waals surface area contributed by atoms with E-state index in [1.165, 1.54) is 11.1 Å². The molecule has 2 fully saturated rings. The summed E-state index contributed by atoms with van der Waals surface area (Å²) in [7, 11) is 0. The van der Waals surface area contributed by atoms with Crippen LogP contribution in [0.3, 0.4) is 0 Å². The number of hydrogen-bond donors (Lipinski definition) is 1. The molecule has 4 heterocycles. The number of pyridine rings is 1. The number of aromatic amines is 1. The summed E-state index contributed by atoms with van der Waals surface area (Å²) in [5, 5.41) is 14.4. The highest BCUT2D eigenvalue weighted by molar-refractivity contribution is 5.94. The first kappa shape index (κ1) is 27.9. The maximum absolute atomic E-state index is 13.7. The predicted octanol–water partition coefficient (Wildman–Crippen LogP) is 3.31. The summed E-state index contributed by atoms with van der Waals surface area (Å²) in [5.41, 5.74) is -1.89. The minimum absolute atomic E-state index is 0.00192. The highest BCUT2D eigenvalue weighted by Gasteiger charge is 2.42. The number of hydrogen-bond acceptors (Lipinski definition) is 8. The molecule has 0 saturated carbocycles. The predicted molar refractivity (Wildman–Crippen MR) is 144 cm³/mol. The second kappa shape index (κ2) is 11.5. The number of rotatable bonds is 6. The van der Waals surface area contributed by atoms with Gasteiger partial charge in [0.25, 0.3) is 11.5 Å². The highest BCUT2D eigenvalue weighted by Crippen LogP contribution is 2.37. The Morgan fingerprint density at radius 1 is 1.15 bits per heavy atom. The van der Waals surface area contributed by atoms with E-state index in [0.29, 0.717) is 56.0 Å². The Balaban J connectivity index is 1.23. The fraction of sp³-hybridized carbons (Fsp3) is 0.393. The Hall–Kier alpha value is -4.60. The summed E-state index contributed by atoms with van der Waals surface area (Å²) in [6.45, 7) is 4.48. The first-order valence-electron chi connectivity index (χ1n) is 13.2. The van der Waals surface area contributed by atoms with Crippen molar-refractivity contribution in [2.45, 2.75) is 25.6 Å². The third kappa shape index (κ3) is 5.96. The average Bonchev–Trinajstić information content (AvgIpc) is 3.35. The maximum Gasteiger partial charge on any atom is 0.423 e. The number of anilines is 2. The Morgan fingerprint density at radius 3 is 2.61 bits per heavy atom. The molecule has 2 aliphatic rings. The Labute approximate surface area is 234 Å². The molecule has 0 unspecified atom stereocenters. The Morgan fingerprint density at radius 2 is 1.93 bits per heavy atom. The highest BCUT2D eigenvalue weighted by atomic mass is 19.4.